The third-order valence-corrected chi connectivity index (χ3v) is 5.03. The lowest BCUT2D eigenvalue weighted by Crippen LogP contribution is -2.36. The molecule has 28 heavy (non-hydrogen) atoms. The molecule has 0 amide bonds. The Kier molecular flexibility index (Phi) is 4.88. The van der Waals surface area contributed by atoms with Gasteiger partial charge in [0.15, 0.2) is 0 Å². The van der Waals surface area contributed by atoms with Crippen LogP contribution in [-0.4, -0.2) is 19.6 Å². The summed E-state index contributed by atoms with van der Waals surface area (Å²) < 4.78 is 21.6. The number of aromatic nitrogens is 1. The number of fused-ring (bicyclic) bond motifs is 1. The van der Waals surface area contributed by atoms with E-state index in [1.165, 1.54) is 12.1 Å². The lowest BCUT2D eigenvalue weighted by atomic mass is 10.1. The highest BCUT2D eigenvalue weighted by Crippen LogP contribution is 2.31. The Bertz CT molecular complexity index is 1060. The fourth-order valence-electron chi connectivity index (χ4n) is 3.32. The van der Waals surface area contributed by atoms with Crippen LogP contribution < -0.4 is 4.74 Å². The summed E-state index contributed by atoms with van der Waals surface area (Å²) in [5.74, 6) is 0.505. The van der Waals surface area contributed by atoms with Crippen molar-refractivity contribution < 1.29 is 14.2 Å². The number of ether oxygens (including phenoxy) is 1. The molecule has 2 heterocycles. The van der Waals surface area contributed by atoms with Crippen LogP contribution in [0.5, 0.6) is 11.5 Å². The lowest BCUT2D eigenvalue weighted by molar-refractivity contribution is 0.450. The molecule has 1 aromatic heterocycles. The predicted octanol–water partition coefficient (Wildman–Crippen LogP) is 4.86. The smallest absolute Gasteiger partial charge is 0.126 e. The Labute approximate surface area is 168 Å². The largest absolute Gasteiger partial charge is 0.508 e. The van der Waals surface area contributed by atoms with Gasteiger partial charge in [0.2, 0.25) is 0 Å². The summed E-state index contributed by atoms with van der Waals surface area (Å²) in [4.78, 5) is 2.71. The molecule has 4 nitrogen and oxygen atoms in total. The second-order valence-corrected chi connectivity index (χ2v) is 7.17. The van der Waals surface area contributed by atoms with E-state index in [1.54, 1.807) is 36.6 Å². The molecule has 0 unspecified atom stereocenters. The van der Waals surface area contributed by atoms with Gasteiger partial charge in [0.25, 0.3) is 0 Å². The van der Waals surface area contributed by atoms with Crippen molar-refractivity contribution in [1.29, 1.82) is 0 Å². The quantitative estimate of drug-likeness (QED) is 0.506. The number of rotatable bonds is 4. The molecule has 0 saturated heterocycles. The van der Waals surface area contributed by atoms with Crippen molar-refractivity contribution >= 4 is 22.9 Å². The number of phenols is 1. The normalized spacial score (nSPS) is 15.0. The number of nitrogens with zero attached hydrogens (tertiary/aromatic N) is 2. The molecule has 3 aromatic rings. The third kappa shape index (κ3) is 3.64. The maximum Gasteiger partial charge on any atom is 0.126 e. The summed E-state index contributed by atoms with van der Waals surface area (Å²) in [5, 5.41) is 9.45. The van der Waals surface area contributed by atoms with E-state index in [-0.39, 0.29) is 11.6 Å². The summed E-state index contributed by atoms with van der Waals surface area (Å²) in [6, 6.07) is 15.1. The van der Waals surface area contributed by atoms with Gasteiger partial charge in [-0.25, -0.2) is 4.39 Å². The Morgan fingerprint density at radius 3 is 2.71 bits per heavy atom. The van der Waals surface area contributed by atoms with E-state index in [9.17, 15) is 9.50 Å². The maximum atomic E-state index is 13.7. The van der Waals surface area contributed by atoms with Gasteiger partial charge in [0.1, 0.15) is 34.3 Å². The molecule has 0 radical (unpaired) electrons. The molecule has 1 aliphatic rings. The first-order valence-corrected chi connectivity index (χ1v) is 9.29. The van der Waals surface area contributed by atoms with Gasteiger partial charge in [-0.1, -0.05) is 24.4 Å². The lowest BCUT2D eigenvalue weighted by Gasteiger charge is -2.34. The first-order chi connectivity index (χ1) is 13.5. The van der Waals surface area contributed by atoms with E-state index in [0.29, 0.717) is 18.8 Å². The van der Waals surface area contributed by atoms with Crippen molar-refractivity contribution in [3.8, 4) is 11.5 Å². The fraction of sp³-hybridized carbons (Fsp3) is 0.136. The van der Waals surface area contributed by atoms with Crippen LogP contribution in [0.4, 0.5) is 4.39 Å². The molecular formula is C22H19FN2O2S. The molecule has 6 heteroatoms. The van der Waals surface area contributed by atoms with E-state index < -0.39 is 0 Å². The van der Waals surface area contributed by atoms with Crippen LogP contribution in [0, 0.1) is 12.7 Å². The number of benzene rings is 2. The van der Waals surface area contributed by atoms with Gasteiger partial charge in [0, 0.05) is 12.7 Å². The van der Waals surface area contributed by atoms with E-state index in [4.69, 9.17) is 17.0 Å². The van der Waals surface area contributed by atoms with Crippen LogP contribution in [0.2, 0.25) is 0 Å². The highest BCUT2D eigenvalue weighted by Gasteiger charge is 2.27. The van der Waals surface area contributed by atoms with Crippen LogP contribution in [0.1, 0.15) is 16.8 Å². The van der Waals surface area contributed by atoms with E-state index in [1.807, 2.05) is 30.2 Å². The summed E-state index contributed by atoms with van der Waals surface area (Å²) >= 11 is 5.65. The number of hydrogen-bond donors (Lipinski definition) is 1. The van der Waals surface area contributed by atoms with Gasteiger partial charge in [-0.05, 0) is 60.5 Å². The molecule has 1 N–H and O–H groups in total. The minimum Gasteiger partial charge on any atom is -0.508 e. The zero-order valence-electron chi connectivity index (χ0n) is 15.3. The number of aryl methyl sites for hydroxylation is 1. The SMILES string of the molecule is Cc1ccn2c1/C(=C\Oc1ccc(O)cc1)N(Cc1cccc(F)c1)C(=S)C2. The number of hydrogen-bond acceptors (Lipinski definition) is 3. The molecule has 4 rings (SSSR count). The topological polar surface area (TPSA) is 37.6 Å². The number of phenolic OH excluding ortho intramolecular Hbond substituents is 1. The van der Waals surface area contributed by atoms with Crippen molar-refractivity contribution in [2.24, 2.45) is 0 Å². The molecule has 2 aromatic carbocycles. The van der Waals surface area contributed by atoms with Crippen LogP contribution in [0.3, 0.4) is 0 Å². The average Bonchev–Trinajstić information content (AvgIpc) is 3.03. The highest BCUT2D eigenvalue weighted by atomic mass is 32.1. The summed E-state index contributed by atoms with van der Waals surface area (Å²) in [6.07, 6.45) is 3.67. The Morgan fingerprint density at radius 2 is 1.96 bits per heavy atom. The van der Waals surface area contributed by atoms with Gasteiger partial charge in [0.05, 0.1) is 12.2 Å². The molecule has 0 saturated carbocycles. The van der Waals surface area contributed by atoms with Crippen LogP contribution in [0.15, 0.2) is 67.1 Å². The van der Waals surface area contributed by atoms with E-state index in [0.717, 1.165) is 27.5 Å². The fourth-order valence-corrected chi connectivity index (χ4v) is 3.62. The molecule has 0 spiro atoms. The number of aromatic hydroxyl groups is 1. The Morgan fingerprint density at radius 1 is 1.18 bits per heavy atom. The highest BCUT2D eigenvalue weighted by molar-refractivity contribution is 7.80. The Hall–Kier alpha value is -3.12. The Balaban J connectivity index is 1.72. The maximum absolute atomic E-state index is 13.7. The molecule has 0 fully saturated rings. The molecule has 0 atom stereocenters. The molecule has 1 aliphatic heterocycles. The molecule has 0 aliphatic carbocycles. The number of thiocarbonyl (C=S) groups is 1. The second-order valence-electron chi connectivity index (χ2n) is 6.70. The second kappa shape index (κ2) is 7.48. The van der Waals surface area contributed by atoms with Gasteiger partial charge in [-0.15, -0.1) is 0 Å². The zero-order chi connectivity index (χ0) is 19.7. The van der Waals surface area contributed by atoms with Crippen molar-refractivity contribution in [1.82, 2.24) is 9.47 Å². The first kappa shape index (κ1) is 18.3. The summed E-state index contributed by atoms with van der Waals surface area (Å²) in [6.45, 7) is 3.07. The summed E-state index contributed by atoms with van der Waals surface area (Å²) in [5.41, 5.74) is 3.77. The van der Waals surface area contributed by atoms with Crippen molar-refractivity contribution in [3.63, 3.8) is 0 Å². The van der Waals surface area contributed by atoms with Crippen LogP contribution in [0.25, 0.3) is 5.70 Å². The minimum absolute atomic E-state index is 0.177. The van der Waals surface area contributed by atoms with Crippen LogP contribution >= 0.6 is 12.2 Å². The number of halogens is 1. The van der Waals surface area contributed by atoms with Gasteiger partial charge >= 0.3 is 0 Å². The van der Waals surface area contributed by atoms with Crippen molar-refractivity contribution in [3.05, 3.63) is 89.7 Å². The van der Waals surface area contributed by atoms with Gasteiger partial charge < -0.3 is 19.3 Å². The van der Waals surface area contributed by atoms with Gasteiger partial charge in [-0.3, -0.25) is 0 Å². The monoisotopic (exact) mass is 394 g/mol. The molecule has 0 bridgehead atoms. The van der Waals surface area contributed by atoms with Crippen molar-refractivity contribution in [2.45, 2.75) is 20.0 Å². The molecule has 142 valence electrons. The zero-order valence-corrected chi connectivity index (χ0v) is 16.1. The molecular weight excluding hydrogens is 375 g/mol. The predicted molar refractivity (Wildman–Crippen MR) is 110 cm³/mol. The van der Waals surface area contributed by atoms with Gasteiger partial charge in [-0.2, -0.15) is 0 Å². The summed E-state index contributed by atoms with van der Waals surface area (Å²) in [7, 11) is 0. The van der Waals surface area contributed by atoms with Crippen molar-refractivity contribution in [2.75, 3.05) is 0 Å². The minimum atomic E-state index is -0.272. The standard InChI is InChI=1S/C22H19FN2O2S/c1-15-9-10-24-13-21(28)25(12-16-3-2-4-17(23)11-16)20(22(15)24)14-27-19-7-5-18(26)6-8-19/h2-11,14,26H,12-13H2,1H3/b20-14+. The van der Waals surface area contributed by atoms with E-state index >= 15 is 0 Å². The first-order valence-electron chi connectivity index (χ1n) is 8.88. The average molecular weight is 394 g/mol. The van der Waals surface area contributed by atoms with Crippen LogP contribution in [-0.2, 0) is 13.1 Å². The third-order valence-electron chi connectivity index (χ3n) is 4.68. The van der Waals surface area contributed by atoms with E-state index in [2.05, 4.69) is 4.57 Å².